The van der Waals surface area contributed by atoms with Crippen molar-refractivity contribution in [3.05, 3.63) is 54.1 Å². The summed E-state index contributed by atoms with van der Waals surface area (Å²) in [5.74, 6) is -1.99. The highest BCUT2D eigenvalue weighted by molar-refractivity contribution is 5.69. The lowest BCUT2D eigenvalue weighted by molar-refractivity contribution is -0.140. The van der Waals surface area contributed by atoms with Crippen molar-refractivity contribution >= 4 is 5.97 Å². The van der Waals surface area contributed by atoms with Crippen molar-refractivity contribution in [2.24, 2.45) is 11.8 Å². The van der Waals surface area contributed by atoms with Gasteiger partial charge in [0.25, 0.3) is 0 Å². The van der Waals surface area contributed by atoms with Crippen LogP contribution in [0.2, 0.25) is 0 Å². The van der Waals surface area contributed by atoms with Gasteiger partial charge in [0.1, 0.15) is 30.1 Å². The van der Waals surface area contributed by atoms with E-state index < -0.39 is 23.8 Å². The highest BCUT2D eigenvalue weighted by atomic mass is 19.1. The number of rotatable bonds is 13. The lowest BCUT2D eigenvalue weighted by atomic mass is 9.89. The number of hydrogen-bond acceptors (Lipinski definition) is 7. The summed E-state index contributed by atoms with van der Waals surface area (Å²) in [5, 5.41) is 20.8. The Balaban J connectivity index is 1.92. The van der Waals surface area contributed by atoms with Crippen LogP contribution in [0, 0.1) is 23.5 Å². The fraction of sp³-hybridized carbons (Fsp3) is 0.542. The molecule has 0 radical (unpaired) electrons. The van der Waals surface area contributed by atoms with Gasteiger partial charge >= 0.3 is 5.97 Å². The molecule has 5 atom stereocenters. The molecule has 0 saturated heterocycles. The van der Waals surface area contributed by atoms with Crippen LogP contribution >= 0.6 is 0 Å². The maximum Gasteiger partial charge on any atom is 0.305 e. The molecule has 1 aliphatic carbocycles. The lowest BCUT2D eigenvalue weighted by Crippen LogP contribution is -2.32. The van der Waals surface area contributed by atoms with Crippen LogP contribution in [-0.4, -0.2) is 55.3 Å². The molecule has 3 N–H and O–H groups in total. The molecule has 1 fully saturated rings. The van der Waals surface area contributed by atoms with Gasteiger partial charge in [-0.15, -0.1) is 0 Å². The minimum Gasteiger partial charge on any atom is -0.490 e. The van der Waals surface area contributed by atoms with Gasteiger partial charge in [-0.1, -0.05) is 24.3 Å². The van der Waals surface area contributed by atoms with Crippen LogP contribution in [0.4, 0.5) is 8.78 Å². The molecule has 33 heavy (non-hydrogen) atoms. The van der Waals surface area contributed by atoms with Crippen LogP contribution in [0.5, 0.6) is 5.75 Å². The third-order valence-corrected chi connectivity index (χ3v) is 5.58. The van der Waals surface area contributed by atoms with Crippen molar-refractivity contribution in [3.8, 4) is 5.75 Å². The Kier molecular flexibility index (Phi) is 11.5. The molecule has 2 rings (SSSR count). The second-order valence-electron chi connectivity index (χ2n) is 8.02. The zero-order valence-electron chi connectivity index (χ0n) is 19.0. The van der Waals surface area contributed by atoms with E-state index in [1.165, 1.54) is 14.2 Å². The van der Waals surface area contributed by atoms with E-state index in [1.807, 2.05) is 18.2 Å². The van der Waals surface area contributed by atoms with Gasteiger partial charge in [-0.25, -0.2) is 8.78 Å². The second-order valence-corrected chi connectivity index (χ2v) is 8.02. The van der Waals surface area contributed by atoms with Gasteiger partial charge < -0.3 is 24.5 Å². The third-order valence-electron chi connectivity index (χ3n) is 5.58. The Morgan fingerprint density at radius 1 is 1.24 bits per heavy atom. The first-order valence-electron chi connectivity index (χ1n) is 11.0. The molecule has 0 aromatic heterocycles. The average molecular weight is 470 g/mol. The molecule has 9 heteroatoms. The van der Waals surface area contributed by atoms with E-state index in [0.717, 1.165) is 24.6 Å². The zero-order valence-corrected chi connectivity index (χ0v) is 19.0. The number of carbonyl (C=O) groups is 1. The molecule has 1 aromatic rings. The number of unbranched alkanes of at least 4 members (excludes halogenated alkanes) is 1. The highest BCUT2D eigenvalue weighted by Gasteiger charge is 2.40. The predicted octanol–water partition coefficient (Wildman–Crippen LogP) is 3.07. The van der Waals surface area contributed by atoms with E-state index in [-0.39, 0.29) is 36.2 Å². The molecular weight excluding hydrogens is 436 g/mol. The third kappa shape index (κ3) is 9.21. The fourth-order valence-electron chi connectivity index (χ4n) is 3.96. The molecule has 1 saturated carbocycles. The minimum absolute atomic E-state index is 0.00891. The molecule has 0 amide bonds. The smallest absolute Gasteiger partial charge is 0.305 e. The first-order chi connectivity index (χ1) is 15.8. The highest BCUT2D eigenvalue weighted by Crippen LogP contribution is 2.36. The molecule has 0 heterocycles. The van der Waals surface area contributed by atoms with E-state index in [0.29, 0.717) is 25.7 Å². The van der Waals surface area contributed by atoms with Crippen LogP contribution in [-0.2, 0) is 14.4 Å². The maximum absolute atomic E-state index is 13.3. The van der Waals surface area contributed by atoms with Crippen LogP contribution in [0.1, 0.15) is 32.1 Å². The average Bonchev–Trinajstić information content (AvgIpc) is 3.06. The Labute approximate surface area is 193 Å². The number of carbonyl (C=O) groups excluding carboxylic acids is 1. The summed E-state index contributed by atoms with van der Waals surface area (Å²) in [7, 11) is 2.87. The number of methoxy groups -OCH3 is 1. The largest absolute Gasteiger partial charge is 0.490 e. The predicted molar refractivity (Wildman–Crippen MR) is 118 cm³/mol. The van der Waals surface area contributed by atoms with Crippen LogP contribution in [0.3, 0.4) is 0 Å². The molecule has 7 nitrogen and oxygen atoms in total. The number of ether oxygens (including phenoxy) is 2. The van der Waals surface area contributed by atoms with Gasteiger partial charge in [-0.2, -0.15) is 5.48 Å². The number of esters is 1. The van der Waals surface area contributed by atoms with Gasteiger partial charge in [0, 0.05) is 36.6 Å². The fourth-order valence-corrected chi connectivity index (χ4v) is 3.96. The first kappa shape index (κ1) is 26.9. The summed E-state index contributed by atoms with van der Waals surface area (Å²) in [4.78, 5) is 16.2. The number of allylic oxidation sites excluding steroid dienone is 2. The van der Waals surface area contributed by atoms with Crippen LogP contribution in [0.25, 0.3) is 0 Å². The van der Waals surface area contributed by atoms with Crippen molar-refractivity contribution in [1.82, 2.24) is 5.48 Å². The molecular formula is C24H33F2NO6. The number of aliphatic hydroxyl groups is 2. The Morgan fingerprint density at radius 3 is 2.64 bits per heavy atom. The summed E-state index contributed by atoms with van der Waals surface area (Å²) >= 11 is 0. The Hall–Kier alpha value is -2.33. The standard InChI is InChI=1S/C24H33F2NO6/c1-31-24(30)8-6-4-3-5-7-21-20(22(27-32-2)14-23(21)29)10-9-18(28)15-33-19-12-16(25)11-17(26)13-19/h3,5,9-13,18,20-23,27-29H,4,6-8,14-15H2,1-2H3/b5-3-,10-9+/t18-,20-,21-,22?,23+/m1/s1. The van der Waals surface area contributed by atoms with Crippen molar-refractivity contribution in [2.45, 2.75) is 50.4 Å². The topological polar surface area (TPSA) is 97.2 Å². The molecule has 0 bridgehead atoms. The van der Waals surface area contributed by atoms with E-state index in [2.05, 4.69) is 10.2 Å². The summed E-state index contributed by atoms with van der Waals surface area (Å²) < 4.78 is 36.4. The number of hydrogen-bond donors (Lipinski definition) is 3. The first-order valence-corrected chi connectivity index (χ1v) is 11.0. The number of aliphatic hydroxyl groups excluding tert-OH is 2. The van der Waals surface area contributed by atoms with E-state index in [1.54, 1.807) is 6.08 Å². The molecule has 1 aromatic carbocycles. The van der Waals surface area contributed by atoms with Gasteiger partial charge in [0.05, 0.1) is 20.3 Å². The monoisotopic (exact) mass is 469 g/mol. The maximum atomic E-state index is 13.3. The zero-order chi connectivity index (χ0) is 24.2. The summed E-state index contributed by atoms with van der Waals surface area (Å²) in [6, 6.07) is 2.67. The van der Waals surface area contributed by atoms with Gasteiger partial charge in [0.2, 0.25) is 0 Å². The Morgan fingerprint density at radius 2 is 1.97 bits per heavy atom. The summed E-state index contributed by atoms with van der Waals surface area (Å²) in [5.41, 5.74) is 2.90. The summed E-state index contributed by atoms with van der Waals surface area (Å²) in [6.45, 7) is -0.179. The summed E-state index contributed by atoms with van der Waals surface area (Å²) in [6.07, 6.45) is 8.64. The van der Waals surface area contributed by atoms with Crippen molar-refractivity contribution in [3.63, 3.8) is 0 Å². The lowest BCUT2D eigenvalue weighted by Gasteiger charge is -2.22. The normalized spacial score (nSPS) is 23.9. The van der Waals surface area contributed by atoms with Crippen LogP contribution in [0.15, 0.2) is 42.5 Å². The van der Waals surface area contributed by atoms with Gasteiger partial charge in [-0.05, 0) is 31.6 Å². The second kappa shape index (κ2) is 14.0. The molecule has 0 spiro atoms. The molecule has 184 valence electrons. The van der Waals surface area contributed by atoms with E-state index >= 15 is 0 Å². The minimum atomic E-state index is -1.01. The van der Waals surface area contributed by atoms with Crippen LogP contribution < -0.4 is 10.2 Å². The van der Waals surface area contributed by atoms with Crippen molar-refractivity contribution in [2.75, 3.05) is 20.8 Å². The van der Waals surface area contributed by atoms with Gasteiger partial charge in [-0.3, -0.25) is 4.79 Å². The Bertz CT molecular complexity index is 783. The van der Waals surface area contributed by atoms with Gasteiger partial charge in [0.15, 0.2) is 0 Å². The quantitative estimate of drug-likeness (QED) is 0.177. The van der Waals surface area contributed by atoms with Crippen molar-refractivity contribution < 1.29 is 38.1 Å². The molecule has 1 unspecified atom stereocenters. The van der Waals surface area contributed by atoms with E-state index in [9.17, 15) is 23.8 Å². The molecule has 0 aliphatic heterocycles. The molecule has 1 aliphatic rings. The van der Waals surface area contributed by atoms with Crippen molar-refractivity contribution in [1.29, 1.82) is 0 Å². The SMILES string of the molecule is CONC1C[C@H](O)[C@H](C/C=C\CCCC(=O)OC)[C@H]1/C=C/[C@@H](O)COc1cc(F)cc(F)c1. The van der Waals surface area contributed by atoms with E-state index in [4.69, 9.17) is 9.57 Å². The number of hydroxylamine groups is 1. The number of halogens is 2. The number of benzene rings is 1. The number of nitrogens with one attached hydrogen (secondary N) is 1.